The molecule has 0 bridgehead atoms. The van der Waals surface area contributed by atoms with Crippen LogP contribution in [0, 0.1) is 0 Å². The Balaban J connectivity index is 1.98. The summed E-state index contributed by atoms with van der Waals surface area (Å²) in [5.41, 5.74) is 5.00. The Morgan fingerprint density at radius 1 is 1.45 bits per heavy atom. The van der Waals surface area contributed by atoms with Crippen molar-refractivity contribution in [3.63, 3.8) is 0 Å². The van der Waals surface area contributed by atoms with Crippen molar-refractivity contribution in [1.29, 1.82) is 0 Å². The van der Waals surface area contributed by atoms with Gasteiger partial charge < -0.3 is 11.1 Å². The minimum absolute atomic E-state index is 0.213. The highest BCUT2D eigenvalue weighted by atomic mass is 16.1. The Bertz CT molecular complexity index is 130. The van der Waals surface area contributed by atoms with Gasteiger partial charge in [-0.15, -0.1) is 0 Å². The third kappa shape index (κ3) is 3.37. The molecule has 0 aromatic rings. The quantitative estimate of drug-likeness (QED) is 0.618. The van der Waals surface area contributed by atoms with Crippen LogP contribution >= 0.6 is 0 Å². The van der Waals surface area contributed by atoms with Crippen molar-refractivity contribution in [2.75, 3.05) is 6.54 Å². The van der Waals surface area contributed by atoms with Gasteiger partial charge in [-0.2, -0.15) is 0 Å². The molecule has 0 unspecified atom stereocenters. The largest absolute Gasteiger partial charge is 0.370 e. The molecule has 3 heteroatoms. The lowest BCUT2D eigenvalue weighted by Gasteiger charge is -2.09. The average Bonchev–Trinajstić information content (AvgIpc) is 2.39. The van der Waals surface area contributed by atoms with Crippen molar-refractivity contribution in [3.8, 4) is 0 Å². The van der Waals surface area contributed by atoms with Crippen molar-refractivity contribution in [1.82, 2.24) is 5.32 Å². The Kier molecular flexibility index (Phi) is 3.36. The van der Waals surface area contributed by atoms with Crippen molar-refractivity contribution < 1.29 is 4.79 Å². The van der Waals surface area contributed by atoms with Crippen LogP contribution in [0.5, 0.6) is 0 Å². The molecule has 1 fully saturated rings. The van der Waals surface area contributed by atoms with Gasteiger partial charge >= 0.3 is 0 Å². The number of hydrogen-bond donors (Lipinski definition) is 2. The third-order valence-electron chi connectivity index (χ3n) is 2.16. The molecule has 1 aliphatic carbocycles. The van der Waals surface area contributed by atoms with E-state index in [0.717, 1.165) is 6.54 Å². The van der Waals surface area contributed by atoms with Crippen molar-refractivity contribution >= 4 is 5.91 Å². The maximum absolute atomic E-state index is 10.4. The zero-order valence-electron chi connectivity index (χ0n) is 6.81. The lowest BCUT2D eigenvalue weighted by Crippen LogP contribution is -2.29. The van der Waals surface area contributed by atoms with E-state index in [1.165, 1.54) is 25.7 Å². The van der Waals surface area contributed by atoms with E-state index in [0.29, 0.717) is 12.5 Å². The number of nitrogens with two attached hydrogens (primary N) is 1. The molecule has 0 aromatic heterocycles. The first kappa shape index (κ1) is 8.53. The highest BCUT2D eigenvalue weighted by molar-refractivity contribution is 5.73. The number of hydrogen-bond acceptors (Lipinski definition) is 2. The molecule has 3 N–H and O–H groups in total. The fourth-order valence-corrected chi connectivity index (χ4v) is 1.53. The minimum atomic E-state index is -0.213. The molecular formula is C8H16N2O. The second-order valence-electron chi connectivity index (χ2n) is 3.15. The molecule has 1 rings (SSSR count). The summed E-state index contributed by atoms with van der Waals surface area (Å²) < 4.78 is 0. The van der Waals surface area contributed by atoms with E-state index in [1.54, 1.807) is 0 Å². The maximum atomic E-state index is 10.4. The van der Waals surface area contributed by atoms with Gasteiger partial charge in [0.25, 0.3) is 0 Å². The van der Waals surface area contributed by atoms with Crippen LogP contribution in [0.1, 0.15) is 32.1 Å². The van der Waals surface area contributed by atoms with Crippen LogP contribution in [0.3, 0.4) is 0 Å². The lowest BCUT2D eigenvalue weighted by molar-refractivity contribution is -0.117. The van der Waals surface area contributed by atoms with Crippen molar-refractivity contribution in [2.45, 2.75) is 38.1 Å². The molecule has 0 heterocycles. The summed E-state index contributed by atoms with van der Waals surface area (Å²) in [5.74, 6) is -0.213. The highest BCUT2D eigenvalue weighted by Crippen LogP contribution is 2.17. The molecule has 0 atom stereocenters. The molecule has 0 saturated heterocycles. The van der Waals surface area contributed by atoms with E-state index in [2.05, 4.69) is 5.32 Å². The van der Waals surface area contributed by atoms with Crippen LogP contribution < -0.4 is 11.1 Å². The first-order chi connectivity index (χ1) is 5.29. The summed E-state index contributed by atoms with van der Waals surface area (Å²) in [5, 5.41) is 3.31. The standard InChI is InChI=1S/C8H16N2O/c9-8(11)5-6-10-7-3-1-2-4-7/h7,10H,1-6H2,(H2,9,11). The van der Waals surface area contributed by atoms with Gasteiger partial charge in [-0.05, 0) is 12.8 Å². The zero-order chi connectivity index (χ0) is 8.10. The first-order valence-electron chi connectivity index (χ1n) is 4.31. The SMILES string of the molecule is NC(=O)CCNC1CCCC1. The van der Waals surface area contributed by atoms with Crippen molar-refractivity contribution in [2.24, 2.45) is 5.73 Å². The van der Waals surface area contributed by atoms with Gasteiger partial charge in [-0.1, -0.05) is 12.8 Å². The summed E-state index contributed by atoms with van der Waals surface area (Å²) in [7, 11) is 0. The van der Waals surface area contributed by atoms with Crippen LogP contribution in [0.15, 0.2) is 0 Å². The third-order valence-corrected chi connectivity index (χ3v) is 2.16. The van der Waals surface area contributed by atoms with Gasteiger partial charge in [-0.25, -0.2) is 0 Å². The number of primary amides is 1. The Hall–Kier alpha value is -0.570. The molecule has 64 valence electrons. The fourth-order valence-electron chi connectivity index (χ4n) is 1.53. The number of nitrogens with one attached hydrogen (secondary N) is 1. The van der Waals surface area contributed by atoms with Crippen LogP contribution in [-0.4, -0.2) is 18.5 Å². The molecular weight excluding hydrogens is 140 g/mol. The van der Waals surface area contributed by atoms with Crippen LogP contribution in [0.4, 0.5) is 0 Å². The summed E-state index contributed by atoms with van der Waals surface area (Å²) in [6.45, 7) is 0.750. The molecule has 0 spiro atoms. The molecule has 1 amide bonds. The topological polar surface area (TPSA) is 55.1 Å². The first-order valence-corrected chi connectivity index (χ1v) is 4.31. The predicted octanol–water partition coefficient (Wildman–Crippen LogP) is 0.394. The van der Waals surface area contributed by atoms with Gasteiger partial charge in [0.05, 0.1) is 0 Å². The normalized spacial score (nSPS) is 18.9. The molecule has 1 saturated carbocycles. The van der Waals surface area contributed by atoms with Gasteiger partial charge in [0.1, 0.15) is 0 Å². The Morgan fingerprint density at radius 2 is 2.09 bits per heavy atom. The van der Waals surface area contributed by atoms with E-state index >= 15 is 0 Å². The molecule has 11 heavy (non-hydrogen) atoms. The predicted molar refractivity (Wildman–Crippen MR) is 44.1 cm³/mol. The summed E-state index contributed by atoms with van der Waals surface area (Å²) in [6, 6.07) is 0.648. The molecule has 0 aliphatic heterocycles. The molecule has 0 aromatic carbocycles. The van der Waals surface area contributed by atoms with E-state index in [1.807, 2.05) is 0 Å². The van der Waals surface area contributed by atoms with E-state index in [4.69, 9.17) is 5.73 Å². The van der Waals surface area contributed by atoms with E-state index in [9.17, 15) is 4.79 Å². The zero-order valence-corrected chi connectivity index (χ0v) is 6.81. The Morgan fingerprint density at radius 3 is 2.64 bits per heavy atom. The fraction of sp³-hybridized carbons (Fsp3) is 0.875. The van der Waals surface area contributed by atoms with E-state index < -0.39 is 0 Å². The van der Waals surface area contributed by atoms with Crippen LogP contribution in [0.2, 0.25) is 0 Å². The van der Waals surface area contributed by atoms with Crippen molar-refractivity contribution in [3.05, 3.63) is 0 Å². The van der Waals surface area contributed by atoms with Gasteiger partial charge in [0.15, 0.2) is 0 Å². The van der Waals surface area contributed by atoms with Gasteiger partial charge in [0, 0.05) is 19.0 Å². The maximum Gasteiger partial charge on any atom is 0.218 e. The average molecular weight is 156 g/mol. The van der Waals surface area contributed by atoms with Crippen LogP contribution in [-0.2, 0) is 4.79 Å². The van der Waals surface area contributed by atoms with E-state index in [-0.39, 0.29) is 5.91 Å². The smallest absolute Gasteiger partial charge is 0.218 e. The molecule has 1 aliphatic rings. The number of carbonyl (C=O) groups is 1. The summed E-state index contributed by atoms with van der Waals surface area (Å²) >= 11 is 0. The number of amides is 1. The number of carbonyl (C=O) groups excluding carboxylic acids is 1. The second-order valence-corrected chi connectivity index (χ2v) is 3.15. The highest BCUT2D eigenvalue weighted by Gasteiger charge is 2.13. The minimum Gasteiger partial charge on any atom is -0.370 e. The van der Waals surface area contributed by atoms with Gasteiger partial charge in [0.2, 0.25) is 5.91 Å². The molecule has 0 radical (unpaired) electrons. The summed E-state index contributed by atoms with van der Waals surface area (Å²) in [6.07, 6.45) is 5.65. The Labute approximate surface area is 67.3 Å². The van der Waals surface area contributed by atoms with Gasteiger partial charge in [-0.3, -0.25) is 4.79 Å². The lowest BCUT2D eigenvalue weighted by atomic mass is 10.2. The number of rotatable bonds is 4. The monoisotopic (exact) mass is 156 g/mol. The molecule has 3 nitrogen and oxygen atoms in total. The summed E-state index contributed by atoms with van der Waals surface area (Å²) in [4.78, 5) is 10.4. The second kappa shape index (κ2) is 4.34. The van der Waals surface area contributed by atoms with Crippen LogP contribution in [0.25, 0.3) is 0 Å².